The molecule has 6 heteroatoms. The SMILES string of the molecule is CN(C[C@@H]1CCCN2CCCC[C@H]12)C(=O)C1CC(c2ccccn2)NN1. The summed E-state index contributed by atoms with van der Waals surface area (Å²) >= 11 is 0. The molecule has 6 nitrogen and oxygen atoms in total. The van der Waals surface area contributed by atoms with Gasteiger partial charge < -0.3 is 9.80 Å². The van der Waals surface area contributed by atoms with Crippen LogP contribution in [-0.4, -0.2) is 59.5 Å². The summed E-state index contributed by atoms with van der Waals surface area (Å²) in [6.07, 6.45) is 9.06. The lowest BCUT2D eigenvalue weighted by Gasteiger charge is -2.45. The van der Waals surface area contributed by atoms with Gasteiger partial charge in [0.2, 0.25) is 5.91 Å². The molecule has 0 aromatic carbocycles. The Morgan fingerprint density at radius 2 is 2.12 bits per heavy atom. The lowest BCUT2D eigenvalue weighted by Crippen LogP contribution is -2.52. The molecule has 4 rings (SSSR count). The summed E-state index contributed by atoms with van der Waals surface area (Å²) in [6, 6.07) is 6.53. The van der Waals surface area contributed by atoms with E-state index in [1.54, 1.807) is 6.20 Å². The van der Waals surface area contributed by atoms with Crippen LogP contribution in [0.25, 0.3) is 0 Å². The molecular weight excluding hydrogens is 326 g/mol. The van der Waals surface area contributed by atoms with Gasteiger partial charge in [0.25, 0.3) is 0 Å². The standard InChI is InChI=1S/C20H31N5O/c1-24(14-15-7-6-12-25-11-5-3-9-19(15)25)20(26)18-13-17(22-23-18)16-8-2-4-10-21-16/h2,4,8,10,15,17-19,22-23H,3,5-7,9,11-14H2,1H3/t15-,17?,18?,19+/m0/s1. The molecule has 1 aromatic heterocycles. The van der Waals surface area contributed by atoms with Crippen molar-refractivity contribution in [2.75, 3.05) is 26.7 Å². The first-order chi connectivity index (χ1) is 12.7. The van der Waals surface area contributed by atoms with Gasteiger partial charge in [0, 0.05) is 25.8 Å². The van der Waals surface area contributed by atoms with E-state index in [4.69, 9.17) is 0 Å². The number of piperidine rings is 2. The van der Waals surface area contributed by atoms with Gasteiger partial charge in [-0.25, -0.2) is 10.9 Å². The Hall–Kier alpha value is -1.50. The zero-order valence-electron chi connectivity index (χ0n) is 15.7. The molecule has 142 valence electrons. The van der Waals surface area contributed by atoms with Gasteiger partial charge in [0.1, 0.15) is 6.04 Å². The topological polar surface area (TPSA) is 60.5 Å². The van der Waals surface area contributed by atoms with Crippen molar-refractivity contribution in [3.8, 4) is 0 Å². The fourth-order valence-corrected chi connectivity index (χ4v) is 4.99. The molecule has 1 amide bonds. The van der Waals surface area contributed by atoms with E-state index >= 15 is 0 Å². The number of fused-ring (bicyclic) bond motifs is 1. The van der Waals surface area contributed by atoms with Crippen LogP contribution < -0.4 is 10.9 Å². The van der Waals surface area contributed by atoms with Crippen molar-refractivity contribution >= 4 is 5.91 Å². The van der Waals surface area contributed by atoms with E-state index in [1.807, 2.05) is 30.1 Å². The molecule has 3 aliphatic rings. The highest BCUT2D eigenvalue weighted by molar-refractivity contribution is 5.82. The normalized spacial score (nSPS) is 32.2. The van der Waals surface area contributed by atoms with Crippen LogP contribution in [0.15, 0.2) is 24.4 Å². The second-order valence-corrected chi connectivity index (χ2v) is 8.10. The molecule has 2 N–H and O–H groups in total. The summed E-state index contributed by atoms with van der Waals surface area (Å²) in [5.74, 6) is 0.822. The zero-order chi connectivity index (χ0) is 17.9. The number of aromatic nitrogens is 1. The van der Waals surface area contributed by atoms with Crippen molar-refractivity contribution in [1.82, 2.24) is 25.6 Å². The predicted molar refractivity (Wildman–Crippen MR) is 101 cm³/mol. The van der Waals surface area contributed by atoms with Crippen LogP contribution in [-0.2, 0) is 4.79 Å². The Kier molecular flexibility index (Phi) is 5.52. The van der Waals surface area contributed by atoms with Gasteiger partial charge in [0.05, 0.1) is 11.7 Å². The number of amides is 1. The molecule has 3 fully saturated rings. The maximum atomic E-state index is 12.9. The highest BCUT2D eigenvalue weighted by Crippen LogP contribution is 2.31. The highest BCUT2D eigenvalue weighted by atomic mass is 16.2. The molecule has 3 saturated heterocycles. The average molecular weight is 358 g/mol. The van der Waals surface area contributed by atoms with E-state index in [9.17, 15) is 4.79 Å². The van der Waals surface area contributed by atoms with Gasteiger partial charge in [-0.2, -0.15) is 0 Å². The number of hydrogen-bond donors (Lipinski definition) is 2. The summed E-state index contributed by atoms with van der Waals surface area (Å²) < 4.78 is 0. The lowest BCUT2D eigenvalue weighted by atomic mass is 9.83. The number of hydrazine groups is 1. The minimum Gasteiger partial charge on any atom is -0.344 e. The van der Waals surface area contributed by atoms with E-state index in [1.165, 1.54) is 45.2 Å². The zero-order valence-corrected chi connectivity index (χ0v) is 15.7. The number of carbonyl (C=O) groups excluding carboxylic acids is 1. The highest BCUT2D eigenvalue weighted by Gasteiger charge is 2.36. The van der Waals surface area contributed by atoms with Gasteiger partial charge in [-0.05, 0) is 63.2 Å². The van der Waals surface area contributed by atoms with Crippen LogP contribution in [0.2, 0.25) is 0 Å². The summed E-state index contributed by atoms with van der Waals surface area (Å²) in [5, 5.41) is 0. The van der Waals surface area contributed by atoms with E-state index in [0.29, 0.717) is 12.0 Å². The molecule has 0 saturated carbocycles. The number of rotatable bonds is 4. The summed E-state index contributed by atoms with van der Waals surface area (Å²) in [6.45, 7) is 3.38. The second-order valence-electron chi connectivity index (χ2n) is 8.10. The minimum atomic E-state index is -0.168. The second kappa shape index (κ2) is 8.03. The number of carbonyl (C=O) groups is 1. The van der Waals surface area contributed by atoms with Gasteiger partial charge in [0.15, 0.2) is 0 Å². The number of nitrogens with zero attached hydrogens (tertiary/aromatic N) is 3. The molecular formula is C20H31N5O. The smallest absolute Gasteiger partial charge is 0.240 e. The average Bonchev–Trinajstić information content (AvgIpc) is 3.18. The Bertz CT molecular complexity index is 607. The number of likely N-dealkylation sites (N-methyl/N-ethyl adjacent to an activating group) is 1. The molecule has 0 spiro atoms. The Balaban J connectivity index is 1.33. The van der Waals surface area contributed by atoms with Crippen molar-refractivity contribution in [3.05, 3.63) is 30.1 Å². The van der Waals surface area contributed by atoms with Crippen molar-refractivity contribution in [2.45, 2.75) is 56.7 Å². The van der Waals surface area contributed by atoms with Crippen LogP contribution in [0.5, 0.6) is 0 Å². The van der Waals surface area contributed by atoms with Gasteiger partial charge in [-0.3, -0.25) is 9.78 Å². The molecule has 0 radical (unpaired) electrons. The van der Waals surface area contributed by atoms with Crippen LogP contribution in [0, 0.1) is 5.92 Å². The van der Waals surface area contributed by atoms with Crippen molar-refractivity contribution in [1.29, 1.82) is 0 Å². The van der Waals surface area contributed by atoms with Gasteiger partial charge in [-0.15, -0.1) is 0 Å². The third-order valence-corrected chi connectivity index (χ3v) is 6.36. The maximum Gasteiger partial charge on any atom is 0.240 e. The molecule has 4 atom stereocenters. The molecule has 3 aliphatic heterocycles. The number of hydrogen-bond acceptors (Lipinski definition) is 5. The fourth-order valence-electron chi connectivity index (χ4n) is 4.99. The van der Waals surface area contributed by atoms with E-state index in [2.05, 4.69) is 20.7 Å². The Labute approximate surface area is 156 Å². The lowest BCUT2D eigenvalue weighted by molar-refractivity contribution is -0.133. The van der Waals surface area contributed by atoms with Crippen LogP contribution in [0.1, 0.15) is 50.3 Å². The minimum absolute atomic E-state index is 0.0991. The monoisotopic (exact) mass is 357 g/mol. The molecule has 0 aliphatic carbocycles. The van der Waals surface area contributed by atoms with Crippen LogP contribution >= 0.6 is 0 Å². The fraction of sp³-hybridized carbons (Fsp3) is 0.700. The largest absolute Gasteiger partial charge is 0.344 e. The third kappa shape index (κ3) is 3.77. The van der Waals surface area contributed by atoms with Crippen molar-refractivity contribution in [2.24, 2.45) is 5.92 Å². The van der Waals surface area contributed by atoms with Crippen molar-refractivity contribution < 1.29 is 4.79 Å². The number of nitrogens with one attached hydrogen (secondary N) is 2. The first-order valence-corrected chi connectivity index (χ1v) is 10.1. The quantitative estimate of drug-likeness (QED) is 0.859. The Morgan fingerprint density at radius 1 is 1.23 bits per heavy atom. The van der Waals surface area contributed by atoms with E-state index in [-0.39, 0.29) is 18.0 Å². The van der Waals surface area contributed by atoms with E-state index < -0.39 is 0 Å². The van der Waals surface area contributed by atoms with Gasteiger partial charge >= 0.3 is 0 Å². The molecule has 2 unspecified atom stereocenters. The van der Waals surface area contributed by atoms with E-state index in [0.717, 1.165) is 18.7 Å². The number of pyridine rings is 1. The van der Waals surface area contributed by atoms with Gasteiger partial charge in [-0.1, -0.05) is 12.5 Å². The summed E-state index contributed by atoms with van der Waals surface area (Å²) in [4.78, 5) is 22.0. The maximum absolute atomic E-state index is 12.9. The molecule has 0 bridgehead atoms. The van der Waals surface area contributed by atoms with Crippen LogP contribution in [0.4, 0.5) is 0 Å². The molecule has 4 heterocycles. The van der Waals surface area contributed by atoms with Crippen LogP contribution in [0.3, 0.4) is 0 Å². The Morgan fingerprint density at radius 3 is 2.96 bits per heavy atom. The molecule has 1 aromatic rings. The molecule has 26 heavy (non-hydrogen) atoms. The predicted octanol–water partition coefficient (Wildman–Crippen LogP) is 1.71. The van der Waals surface area contributed by atoms with Crippen molar-refractivity contribution in [3.63, 3.8) is 0 Å². The first-order valence-electron chi connectivity index (χ1n) is 10.1. The summed E-state index contributed by atoms with van der Waals surface area (Å²) in [5.41, 5.74) is 7.42. The summed E-state index contributed by atoms with van der Waals surface area (Å²) in [7, 11) is 1.97. The first kappa shape index (κ1) is 17.9. The third-order valence-electron chi connectivity index (χ3n) is 6.36.